The Bertz CT molecular complexity index is 1420. The Labute approximate surface area is 210 Å². The normalized spacial score (nSPS) is 15.8. The molecule has 0 radical (unpaired) electrons. The number of amides is 2. The molecule has 1 unspecified atom stereocenters. The summed E-state index contributed by atoms with van der Waals surface area (Å²) in [4.78, 5) is 37.6. The fourth-order valence-corrected chi connectivity index (χ4v) is 4.47. The van der Waals surface area contributed by atoms with E-state index < -0.39 is 12.1 Å². The molecule has 11 nitrogen and oxygen atoms in total. The summed E-state index contributed by atoms with van der Waals surface area (Å²) < 4.78 is 6.10. The molecule has 0 aliphatic carbocycles. The van der Waals surface area contributed by atoms with Gasteiger partial charge in [0.1, 0.15) is 12.4 Å². The van der Waals surface area contributed by atoms with Crippen LogP contribution in [-0.2, 0) is 16.0 Å². The van der Waals surface area contributed by atoms with Gasteiger partial charge < -0.3 is 14.6 Å². The summed E-state index contributed by atoms with van der Waals surface area (Å²) in [6.45, 7) is 0. The Morgan fingerprint density at radius 3 is 2.53 bits per heavy atom. The first-order valence-electron chi connectivity index (χ1n) is 11.1. The second-order valence-electron chi connectivity index (χ2n) is 8.18. The second kappa shape index (κ2) is 9.72. The van der Waals surface area contributed by atoms with Crippen LogP contribution >= 0.6 is 11.6 Å². The van der Waals surface area contributed by atoms with Crippen LogP contribution in [0.3, 0.4) is 0 Å². The van der Waals surface area contributed by atoms with Crippen molar-refractivity contribution in [2.24, 2.45) is 5.10 Å². The number of carbonyl (C=O) groups is 2. The fourth-order valence-electron chi connectivity index (χ4n) is 4.30. The lowest BCUT2D eigenvalue weighted by molar-refractivity contribution is -0.119. The number of benzene rings is 2. The number of nitrogens with zero attached hydrogens (tertiary/aromatic N) is 3. The molecular formula is C24H22ClN7O4. The molecule has 0 saturated carbocycles. The average molecular weight is 508 g/mol. The van der Waals surface area contributed by atoms with Crippen LogP contribution < -0.4 is 32.3 Å². The van der Waals surface area contributed by atoms with Gasteiger partial charge in [-0.25, -0.2) is 15.3 Å². The minimum atomic E-state index is -0.634. The number of methoxy groups -OCH3 is 1. The van der Waals surface area contributed by atoms with E-state index in [1.165, 1.54) is 17.7 Å². The fraction of sp³-hybridized carbons (Fsp3) is 0.167. The Kier molecular flexibility index (Phi) is 6.32. The van der Waals surface area contributed by atoms with Crippen LogP contribution in [0.1, 0.15) is 18.2 Å². The van der Waals surface area contributed by atoms with Crippen molar-refractivity contribution in [3.63, 3.8) is 0 Å². The molecule has 2 aliphatic heterocycles. The minimum Gasteiger partial charge on any atom is -0.453 e. The van der Waals surface area contributed by atoms with E-state index in [9.17, 15) is 14.4 Å². The number of halogens is 1. The highest BCUT2D eigenvalue weighted by molar-refractivity contribution is 6.31. The molecule has 1 atom stereocenters. The molecular weight excluding hydrogens is 486 g/mol. The molecule has 184 valence electrons. The number of nitrogens with one attached hydrogen (secondary N) is 4. The van der Waals surface area contributed by atoms with Crippen molar-refractivity contribution in [1.29, 1.82) is 0 Å². The number of aromatic nitrogens is 1. The van der Waals surface area contributed by atoms with E-state index in [0.717, 1.165) is 16.9 Å². The average Bonchev–Trinajstić information content (AvgIpc) is 3.56. The van der Waals surface area contributed by atoms with E-state index >= 15 is 0 Å². The van der Waals surface area contributed by atoms with E-state index in [-0.39, 0.29) is 11.5 Å². The Morgan fingerprint density at radius 2 is 1.83 bits per heavy atom. The highest BCUT2D eigenvalue weighted by atomic mass is 35.5. The molecule has 2 aromatic carbocycles. The number of hydrogen-bond donors (Lipinski definition) is 4. The molecule has 2 aliphatic rings. The van der Waals surface area contributed by atoms with Gasteiger partial charge in [-0.15, -0.1) is 5.53 Å². The van der Waals surface area contributed by atoms with E-state index in [2.05, 4.69) is 31.5 Å². The third-order valence-electron chi connectivity index (χ3n) is 5.96. The van der Waals surface area contributed by atoms with Gasteiger partial charge in [-0.05, 0) is 66.9 Å². The van der Waals surface area contributed by atoms with Crippen LogP contribution in [0.25, 0.3) is 11.1 Å². The van der Waals surface area contributed by atoms with Crippen molar-refractivity contribution in [1.82, 2.24) is 15.6 Å². The Hall–Kier alpha value is -4.35. The van der Waals surface area contributed by atoms with Crippen LogP contribution in [0.15, 0.2) is 64.5 Å². The lowest BCUT2D eigenvalue weighted by Crippen LogP contribution is -2.37. The predicted octanol–water partition coefficient (Wildman–Crippen LogP) is 3.25. The summed E-state index contributed by atoms with van der Waals surface area (Å²) in [7, 11) is 1.28. The van der Waals surface area contributed by atoms with Gasteiger partial charge in [0.05, 0.1) is 12.8 Å². The first-order chi connectivity index (χ1) is 17.4. The van der Waals surface area contributed by atoms with Crippen molar-refractivity contribution in [3.8, 4) is 11.1 Å². The van der Waals surface area contributed by atoms with Gasteiger partial charge in [-0.3, -0.25) is 14.9 Å². The standard InChI is InChI=1S/C24H22ClN7O4/c1-36-24(35)28-17-5-3-16(4-6-17)27-23(34)21-9-7-18-10-14(11-22(33)32(18)21)19-12-15(25)2-8-20(19)31-13-26-29-30-31/h2-6,8,10-13,21,29-30H,7,9H2,1H3,(H,27,34)(H,28,35). The van der Waals surface area contributed by atoms with Crippen molar-refractivity contribution < 1.29 is 14.3 Å². The van der Waals surface area contributed by atoms with E-state index in [4.69, 9.17) is 11.6 Å². The van der Waals surface area contributed by atoms with Crippen molar-refractivity contribution in [2.75, 3.05) is 22.8 Å². The zero-order valence-corrected chi connectivity index (χ0v) is 19.9. The summed E-state index contributed by atoms with van der Waals surface area (Å²) in [6.07, 6.45) is 2.06. The van der Waals surface area contributed by atoms with Gasteiger partial charge in [-0.1, -0.05) is 11.6 Å². The molecule has 36 heavy (non-hydrogen) atoms. The van der Waals surface area contributed by atoms with Crippen LogP contribution in [-0.4, -0.2) is 30.0 Å². The van der Waals surface area contributed by atoms with Crippen LogP contribution in [0.5, 0.6) is 0 Å². The number of rotatable bonds is 5. The maximum absolute atomic E-state index is 13.2. The quantitative estimate of drug-likeness (QED) is 0.417. The van der Waals surface area contributed by atoms with Crippen molar-refractivity contribution in [3.05, 3.63) is 75.7 Å². The Balaban J connectivity index is 1.38. The number of pyridine rings is 1. The number of hydrazine groups is 2. The summed E-state index contributed by atoms with van der Waals surface area (Å²) in [5, 5.41) is 11.5. The van der Waals surface area contributed by atoms with Crippen LogP contribution in [0.2, 0.25) is 5.02 Å². The molecule has 0 fully saturated rings. The van der Waals surface area contributed by atoms with Crippen LogP contribution in [0, 0.1) is 0 Å². The largest absolute Gasteiger partial charge is 0.453 e. The number of fused-ring (bicyclic) bond motifs is 1. The third kappa shape index (κ3) is 4.61. The van der Waals surface area contributed by atoms with Gasteiger partial charge in [0.2, 0.25) is 5.91 Å². The second-order valence-corrected chi connectivity index (χ2v) is 8.62. The predicted molar refractivity (Wildman–Crippen MR) is 137 cm³/mol. The SMILES string of the molecule is COC(=O)Nc1ccc(NC(=O)C2CCc3cc(-c4cc(Cl)ccc4N4C=NNN4)cc(=O)n32)cc1. The molecule has 1 aromatic heterocycles. The molecule has 0 spiro atoms. The first-order valence-corrected chi connectivity index (χ1v) is 11.4. The minimum absolute atomic E-state index is 0.273. The number of hydrogen-bond acceptors (Lipinski definition) is 8. The number of ether oxygens (including phenoxy) is 1. The van der Waals surface area contributed by atoms with Gasteiger partial charge in [0.15, 0.2) is 0 Å². The molecule has 0 saturated heterocycles. The number of carbonyl (C=O) groups excluding carboxylic acids is 2. The van der Waals surface area contributed by atoms with E-state index in [0.29, 0.717) is 34.8 Å². The summed E-state index contributed by atoms with van der Waals surface area (Å²) >= 11 is 6.26. The highest BCUT2D eigenvalue weighted by Crippen LogP contribution is 2.35. The van der Waals surface area contributed by atoms with Crippen molar-refractivity contribution in [2.45, 2.75) is 18.9 Å². The maximum atomic E-state index is 13.2. The topological polar surface area (TPSA) is 129 Å². The Morgan fingerprint density at radius 1 is 1.08 bits per heavy atom. The first kappa shape index (κ1) is 23.4. The zero-order valence-electron chi connectivity index (χ0n) is 19.1. The number of hydrazone groups is 1. The van der Waals surface area contributed by atoms with E-state index in [1.807, 2.05) is 12.1 Å². The monoisotopic (exact) mass is 507 g/mol. The van der Waals surface area contributed by atoms with Gasteiger partial charge in [0, 0.05) is 33.7 Å². The summed E-state index contributed by atoms with van der Waals surface area (Å²) in [5.41, 5.74) is 9.30. The summed E-state index contributed by atoms with van der Waals surface area (Å²) in [5.74, 6) is -0.288. The number of anilines is 3. The zero-order chi connectivity index (χ0) is 25.2. The molecule has 3 aromatic rings. The van der Waals surface area contributed by atoms with Gasteiger partial charge in [-0.2, -0.15) is 5.10 Å². The van der Waals surface area contributed by atoms with Gasteiger partial charge in [0.25, 0.3) is 5.56 Å². The summed E-state index contributed by atoms with van der Waals surface area (Å²) in [6, 6.07) is 14.8. The third-order valence-corrected chi connectivity index (χ3v) is 6.19. The highest BCUT2D eigenvalue weighted by Gasteiger charge is 2.30. The molecule has 4 N–H and O–H groups in total. The molecule has 3 heterocycles. The molecule has 12 heteroatoms. The van der Waals surface area contributed by atoms with E-state index in [1.54, 1.807) is 47.7 Å². The molecule has 0 bridgehead atoms. The smallest absolute Gasteiger partial charge is 0.411 e. The van der Waals surface area contributed by atoms with Crippen LogP contribution in [0.4, 0.5) is 21.9 Å². The lowest BCUT2D eigenvalue weighted by atomic mass is 10.0. The lowest BCUT2D eigenvalue weighted by Gasteiger charge is -2.19. The molecule has 5 rings (SSSR count). The maximum Gasteiger partial charge on any atom is 0.411 e. The molecule has 2 amide bonds. The number of aryl methyl sites for hydroxylation is 1. The van der Waals surface area contributed by atoms with Gasteiger partial charge >= 0.3 is 6.09 Å². The van der Waals surface area contributed by atoms with Crippen molar-refractivity contribution >= 4 is 47.0 Å².